The van der Waals surface area contributed by atoms with Crippen molar-refractivity contribution in [2.75, 3.05) is 4.90 Å². The van der Waals surface area contributed by atoms with E-state index in [4.69, 9.17) is 0 Å². The van der Waals surface area contributed by atoms with E-state index < -0.39 is 0 Å². The number of hydrogen-bond donors (Lipinski definition) is 0. The SMILES string of the molecule is CC(c1ccc2c(ccc3c4cc5c(cc4n(-c4ccccc4)c23)c2ccc3cc(N(c4ccc(-c6ccc7c(c6)c6ccccc6n7-c6ccccc6)cc4)c4ccc6ccccc6c4)ccc3c2n5-c2ccccc2)c1)C(c1ccc(-c2ccc3c(c2)c2ccccc2n3-c2ccccc2)cc1)c1ccc2ccccc2c1. The fraction of sp³-hybridized carbons (Fsp3) is 0.0275. The highest BCUT2D eigenvalue weighted by Gasteiger charge is 2.28. The van der Waals surface area contributed by atoms with E-state index in [0.29, 0.717) is 0 Å². The molecular formula is C109H73N5. The van der Waals surface area contributed by atoms with E-state index in [0.717, 1.165) is 56.3 Å². The number of hydrogen-bond acceptors (Lipinski definition) is 1. The maximum Gasteiger partial charge on any atom is 0.0619 e. The second-order valence-electron chi connectivity index (χ2n) is 30.8. The first kappa shape index (κ1) is 65.1. The summed E-state index contributed by atoms with van der Waals surface area (Å²) in [6.07, 6.45) is 0. The van der Waals surface area contributed by atoms with Crippen LogP contribution in [0.15, 0.2) is 413 Å². The molecule has 534 valence electrons. The van der Waals surface area contributed by atoms with E-state index in [2.05, 4.69) is 443 Å². The van der Waals surface area contributed by atoms with E-state index in [1.807, 2.05) is 0 Å². The molecule has 4 aromatic heterocycles. The van der Waals surface area contributed by atoms with Crippen molar-refractivity contribution < 1.29 is 0 Å². The number of rotatable bonds is 13. The van der Waals surface area contributed by atoms with Gasteiger partial charge >= 0.3 is 0 Å². The average molecular weight is 1450 g/mol. The molecule has 0 saturated carbocycles. The molecule has 0 aliphatic rings. The number of fused-ring (bicyclic) bond motifs is 18. The van der Waals surface area contributed by atoms with Crippen molar-refractivity contribution in [2.24, 2.45) is 0 Å². The van der Waals surface area contributed by atoms with Gasteiger partial charge in [0.1, 0.15) is 0 Å². The molecule has 5 heteroatoms. The maximum absolute atomic E-state index is 2.53. The Balaban J connectivity index is 0.636. The minimum atomic E-state index is 0.0633. The molecule has 0 spiro atoms. The van der Waals surface area contributed by atoms with Gasteiger partial charge in [0.15, 0.2) is 0 Å². The normalized spacial score (nSPS) is 12.5. The molecule has 0 radical (unpaired) electrons. The molecular weight excluding hydrogens is 1380 g/mol. The van der Waals surface area contributed by atoms with E-state index in [1.165, 1.54) is 153 Å². The molecule has 0 saturated heterocycles. The van der Waals surface area contributed by atoms with Crippen molar-refractivity contribution in [1.82, 2.24) is 18.3 Å². The van der Waals surface area contributed by atoms with Crippen LogP contribution in [0.25, 0.3) is 175 Å². The van der Waals surface area contributed by atoms with Gasteiger partial charge in [-0.15, -0.1) is 0 Å². The maximum atomic E-state index is 2.53. The van der Waals surface area contributed by atoms with Gasteiger partial charge in [0.05, 0.1) is 44.1 Å². The Morgan fingerprint density at radius 3 is 1.06 bits per heavy atom. The van der Waals surface area contributed by atoms with Crippen molar-refractivity contribution >= 4 is 147 Å². The van der Waals surface area contributed by atoms with Crippen LogP contribution in [-0.2, 0) is 0 Å². The van der Waals surface area contributed by atoms with Gasteiger partial charge in [0, 0.05) is 99.6 Å². The first-order valence-electron chi connectivity index (χ1n) is 39.6. The molecule has 2 unspecified atom stereocenters. The molecule has 0 fully saturated rings. The number of nitrogens with zero attached hydrogens (tertiary/aromatic N) is 5. The fourth-order valence-corrected chi connectivity index (χ4v) is 19.1. The third-order valence-corrected chi connectivity index (χ3v) is 24.5. The standard InChI is InChI=1S/C109H73N5/c1-70(107(83-43-40-71-22-14-16-24-77(71)63-83)75-41-38-73(39-42-75)79-50-60-103-97(66-79)93-34-18-20-36-101(93)111(103)84-26-6-2-7-27-84)76-47-56-91-81(62-76)48-57-95-99-68-106-100(69-105(99)113(108(91)95)86-30-10-4-11-31-86)96-58-49-82-65-90(55-59-92(82)109(96)114(106)87-32-12-5-13-33-87)110(89-54-46-72-23-15-17-25-78(72)64-89)88-52-44-74(45-53-88)80-51-61-104-98(67-80)94-35-19-21-37-102(94)112(104)85-28-8-3-9-29-85/h2-70,107H,1H3. The van der Waals surface area contributed by atoms with Crippen LogP contribution in [0.3, 0.4) is 0 Å². The number of para-hydroxylation sites is 6. The fourth-order valence-electron chi connectivity index (χ4n) is 19.1. The lowest BCUT2D eigenvalue weighted by Crippen LogP contribution is -2.10. The summed E-state index contributed by atoms with van der Waals surface area (Å²) >= 11 is 0. The highest BCUT2D eigenvalue weighted by Crippen LogP contribution is 2.48. The van der Waals surface area contributed by atoms with Gasteiger partial charge < -0.3 is 23.2 Å². The lowest BCUT2D eigenvalue weighted by atomic mass is 9.77. The third-order valence-electron chi connectivity index (χ3n) is 24.5. The largest absolute Gasteiger partial charge is 0.310 e. The molecule has 0 aliphatic carbocycles. The van der Waals surface area contributed by atoms with E-state index in [1.54, 1.807) is 0 Å². The molecule has 5 nitrogen and oxygen atoms in total. The Bertz CT molecular complexity index is 7780. The van der Waals surface area contributed by atoms with Crippen molar-refractivity contribution in [3.63, 3.8) is 0 Å². The summed E-state index contributed by atoms with van der Waals surface area (Å²) in [5, 5.41) is 19.5. The number of benzene rings is 19. The lowest BCUT2D eigenvalue weighted by Gasteiger charge is -2.27. The van der Waals surface area contributed by atoms with Crippen molar-refractivity contribution in [3.05, 3.63) is 429 Å². The molecule has 23 rings (SSSR count). The van der Waals surface area contributed by atoms with E-state index >= 15 is 0 Å². The van der Waals surface area contributed by atoms with Gasteiger partial charge in [-0.25, -0.2) is 0 Å². The van der Waals surface area contributed by atoms with Crippen LogP contribution >= 0.6 is 0 Å². The van der Waals surface area contributed by atoms with E-state index in [-0.39, 0.29) is 11.8 Å². The second-order valence-corrected chi connectivity index (χ2v) is 30.8. The minimum absolute atomic E-state index is 0.0633. The van der Waals surface area contributed by atoms with Crippen LogP contribution in [0, 0.1) is 0 Å². The lowest BCUT2D eigenvalue weighted by molar-refractivity contribution is 0.659. The summed E-state index contributed by atoms with van der Waals surface area (Å²) < 4.78 is 9.83. The van der Waals surface area contributed by atoms with Crippen LogP contribution in [-0.4, -0.2) is 18.3 Å². The van der Waals surface area contributed by atoms with Gasteiger partial charge in [-0.3, -0.25) is 0 Å². The Morgan fingerprint density at radius 1 is 0.193 bits per heavy atom. The molecule has 19 aromatic carbocycles. The second kappa shape index (κ2) is 26.2. The highest BCUT2D eigenvalue weighted by atomic mass is 15.1. The van der Waals surface area contributed by atoms with E-state index in [9.17, 15) is 0 Å². The molecule has 0 aliphatic heterocycles. The van der Waals surface area contributed by atoms with Crippen LogP contribution in [0.1, 0.15) is 35.4 Å². The molecule has 4 heterocycles. The quantitative estimate of drug-likeness (QED) is 0.113. The predicted octanol–water partition coefficient (Wildman–Crippen LogP) is 29.4. The predicted molar refractivity (Wildman–Crippen MR) is 483 cm³/mol. The molecule has 0 amide bonds. The monoisotopic (exact) mass is 1450 g/mol. The average Bonchev–Trinajstić information content (AvgIpc) is 1.54. The van der Waals surface area contributed by atoms with Gasteiger partial charge in [-0.2, -0.15) is 0 Å². The van der Waals surface area contributed by atoms with Crippen LogP contribution in [0.5, 0.6) is 0 Å². The molecule has 0 bridgehead atoms. The Hall–Kier alpha value is -14.8. The van der Waals surface area contributed by atoms with Crippen LogP contribution in [0.4, 0.5) is 17.1 Å². The van der Waals surface area contributed by atoms with Crippen molar-refractivity contribution in [2.45, 2.75) is 18.8 Å². The van der Waals surface area contributed by atoms with Crippen molar-refractivity contribution in [3.8, 4) is 45.0 Å². The zero-order chi connectivity index (χ0) is 75.1. The highest BCUT2D eigenvalue weighted by molar-refractivity contribution is 6.26. The summed E-state index contributed by atoms with van der Waals surface area (Å²) in [5.41, 5.74) is 26.0. The Kier molecular flexibility index (Phi) is 15.0. The summed E-state index contributed by atoms with van der Waals surface area (Å²) in [7, 11) is 0. The minimum Gasteiger partial charge on any atom is -0.310 e. The van der Waals surface area contributed by atoms with Crippen molar-refractivity contribution in [1.29, 1.82) is 0 Å². The topological polar surface area (TPSA) is 23.0 Å². The van der Waals surface area contributed by atoms with Gasteiger partial charge in [-0.1, -0.05) is 286 Å². The number of anilines is 3. The third kappa shape index (κ3) is 10.5. The molecule has 0 N–H and O–H groups in total. The first-order valence-corrected chi connectivity index (χ1v) is 39.6. The van der Waals surface area contributed by atoms with Gasteiger partial charge in [-0.05, 0) is 211 Å². The molecule has 23 aromatic rings. The molecule has 2 atom stereocenters. The zero-order valence-electron chi connectivity index (χ0n) is 62.7. The summed E-state index contributed by atoms with van der Waals surface area (Å²) in [6.45, 7) is 2.43. The van der Waals surface area contributed by atoms with Gasteiger partial charge in [0.2, 0.25) is 0 Å². The first-order chi connectivity index (χ1) is 56.4. The summed E-state index contributed by atoms with van der Waals surface area (Å²) in [6, 6.07) is 154. The Morgan fingerprint density at radius 2 is 0.535 bits per heavy atom. The van der Waals surface area contributed by atoms with Crippen LogP contribution in [0.2, 0.25) is 0 Å². The summed E-state index contributed by atoms with van der Waals surface area (Å²) in [5.74, 6) is 0.178. The summed E-state index contributed by atoms with van der Waals surface area (Å²) in [4.78, 5) is 2.42. The van der Waals surface area contributed by atoms with Crippen LogP contribution < -0.4 is 4.90 Å². The van der Waals surface area contributed by atoms with Gasteiger partial charge in [0.25, 0.3) is 0 Å². The Labute approximate surface area is 659 Å². The molecule has 114 heavy (non-hydrogen) atoms. The number of aromatic nitrogens is 4. The zero-order valence-corrected chi connectivity index (χ0v) is 62.7. The smallest absolute Gasteiger partial charge is 0.0619 e.